The van der Waals surface area contributed by atoms with Gasteiger partial charge >= 0.3 is 0 Å². The van der Waals surface area contributed by atoms with Crippen LogP contribution in [0.15, 0.2) is 45.3 Å². The van der Waals surface area contributed by atoms with Crippen molar-refractivity contribution in [2.75, 3.05) is 6.61 Å². The molecule has 0 amide bonds. The van der Waals surface area contributed by atoms with Crippen LogP contribution < -0.4 is 10.1 Å². The number of fused-ring (bicyclic) bond motifs is 1. The van der Waals surface area contributed by atoms with Gasteiger partial charge in [0.1, 0.15) is 5.75 Å². The standard InChI is InChI=1S/C17H17Br2NO/c1-11(15-4-2-3-5-16(15)19)20-10-13-9-14(18)8-12-6-7-21-17(12)13/h2-5,8-9,11,20H,6-7,10H2,1H3. The predicted octanol–water partition coefficient (Wildman–Crippen LogP) is 5.00. The highest BCUT2D eigenvalue weighted by atomic mass is 79.9. The van der Waals surface area contributed by atoms with Gasteiger partial charge in [-0.3, -0.25) is 0 Å². The fourth-order valence-corrected chi connectivity index (χ4v) is 3.86. The van der Waals surface area contributed by atoms with Crippen molar-refractivity contribution in [2.24, 2.45) is 0 Å². The van der Waals surface area contributed by atoms with Gasteiger partial charge in [-0.1, -0.05) is 50.1 Å². The second-order valence-corrected chi connectivity index (χ2v) is 7.05. The van der Waals surface area contributed by atoms with Crippen LogP contribution in [0.3, 0.4) is 0 Å². The van der Waals surface area contributed by atoms with Crippen LogP contribution >= 0.6 is 31.9 Å². The molecule has 110 valence electrons. The fourth-order valence-electron chi connectivity index (χ4n) is 2.68. The van der Waals surface area contributed by atoms with E-state index < -0.39 is 0 Å². The Morgan fingerprint density at radius 1 is 1.24 bits per heavy atom. The normalized spacial score (nSPS) is 14.6. The van der Waals surface area contributed by atoms with Gasteiger partial charge in [-0.2, -0.15) is 0 Å². The van der Waals surface area contributed by atoms with Crippen LogP contribution in [-0.2, 0) is 13.0 Å². The first-order valence-corrected chi connectivity index (χ1v) is 8.65. The Morgan fingerprint density at radius 2 is 2.05 bits per heavy atom. The molecule has 3 rings (SSSR count). The Balaban J connectivity index is 1.75. The van der Waals surface area contributed by atoms with Crippen molar-refractivity contribution in [3.8, 4) is 5.75 Å². The molecule has 0 saturated carbocycles. The van der Waals surface area contributed by atoms with E-state index in [0.717, 1.165) is 34.3 Å². The molecular weight excluding hydrogens is 394 g/mol. The van der Waals surface area contributed by atoms with Crippen molar-refractivity contribution < 1.29 is 4.74 Å². The lowest BCUT2D eigenvalue weighted by Crippen LogP contribution is -2.18. The molecule has 0 saturated heterocycles. The maximum Gasteiger partial charge on any atom is 0.127 e. The third-order valence-corrected chi connectivity index (χ3v) is 4.98. The maximum absolute atomic E-state index is 5.78. The van der Waals surface area contributed by atoms with Gasteiger partial charge in [-0.15, -0.1) is 0 Å². The quantitative estimate of drug-likeness (QED) is 0.765. The van der Waals surface area contributed by atoms with Crippen molar-refractivity contribution in [1.29, 1.82) is 0 Å². The van der Waals surface area contributed by atoms with Gasteiger partial charge in [-0.05, 0) is 36.2 Å². The summed E-state index contributed by atoms with van der Waals surface area (Å²) in [5, 5.41) is 3.58. The number of rotatable bonds is 4. The highest BCUT2D eigenvalue weighted by Crippen LogP contribution is 2.33. The van der Waals surface area contributed by atoms with E-state index >= 15 is 0 Å². The molecule has 0 radical (unpaired) electrons. The molecule has 0 aliphatic carbocycles. The summed E-state index contributed by atoms with van der Waals surface area (Å²) in [6, 6.07) is 12.9. The van der Waals surface area contributed by atoms with Crippen LogP contribution in [0.1, 0.15) is 29.7 Å². The van der Waals surface area contributed by atoms with Gasteiger partial charge < -0.3 is 10.1 Å². The molecule has 1 unspecified atom stereocenters. The Bertz CT molecular complexity index is 657. The van der Waals surface area contributed by atoms with Crippen molar-refractivity contribution in [1.82, 2.24) is 5.32 Å². The minimum atomic E-state index is 0.275. The molecule has 0 spiro atoms. The Kier molecular flexibility index (Phi) is 4.67. The summed E-state index contributed by atoms with van der Waals surface area (Å²) in [5.74, 6) is 1.06. The van der Waals surface area contributed by atoms with Crippen molar-refractivity contribution in [3.05, 3.63) is 62.0 Å². The minimum Gasteiger partial charge on any atom is -0.493 e. The molecule has 2 aromatic rings. The lowest BCUT2D eigenvalue weighted by atomic mass is 10.1. The fraction of sp³-hybridized carbons (Fsp3) is 0.294. The highest BCUT2D eigenvalue weighted by Gasteiger charge is 2.18. The van der Waals surface area contributed by atoms with Gasteiger partial charge in [0.05, 0.1) is 6.61 Å². The van der Waals surface area contributed by atoms with Gasteiger partial charge in [0.2, 0.25) is 0 Å². The SMILES string of the molecule is CC(NCc1cc(Br)cc2c1OCC2)c1ccccc1Br. The predicted molar refractivity (Wildman–Crippen MR) is 92.7 cm³/mol. The van der Waals surface area contributed by atoms with Crippen molar-refractivity contribution >= 4 is 31.9 Å². The molecule has 0 fully saturated rings. The summed E-state index contributed by atoms with van der Waals surface area (Å²) in [5.41, 5.74) is 3.79. The van der Waals surface area contributed by atoms with Crippen LogP contribution in [-0.4, -0.2) is 6.61 Å². The average Bonchev–Trinajstić information content (AvgIpc) is 2.93. The van der Waals surface area contributed by atoms with Crippen LogP contribution in [0.2, 0.25) is 0 Å². The number of hydrogen-bond donors (Lipinski definition) is 1. The molecule has 2 nitrogen and oxygen atoms in total. The zero-order valence-corrected chi connectivity index (χ0v) is 15.0. The first-order chi connectivity index (χ1) is 10.1. The molecule has 1 atom stereocenters. The summed E-state index contributed by atoms with van der Waals surface area (Å²) in [4.78, 5) is 0. The third kappa shape index (κ3) is 3.33. The first kappa shape index (κ1) is 15.1. The van der Waals surface area contributed by atoms with Crippen LogP contribution in [0, 0.1) is 0 Å². The Hall–Kier alpha value is -0.840. The van der Waals surface area contributed by atoms with E-state index in [-0.39, 0.29) is 6.04 Å². The number of ether oxygens (including phenoxy) is 1. The zero-order chi connectivity index (χ0) is 14.8. The highest BCUT2D eigenvalue weighted by molar-refractivity contribution is 9.10. The molecule has 2 aromatic carbocycles. The lowest BCUT2D eigenvalue weighted by Gasteiger charge is -2.17. The summed E-state index contributed by atoms with van der Waals surface area (Å²) in [7, 11) is 0. The summed E-state index contributed by atoms with van der Waals surface area (Å²) >= 11 is 7.20. The van der Waals surface area contributed by atoms with E-state index in [9.17, 15) is 0 Å². The van der Waals surface area contributed by atoms with Crippen molar-refractivity contribution in [3.63, 3.8) is 0 Å². The number of halogens is 2. The number of hydrogen-bond acceptors (Lipinski definition) is 2. The molecule has 0 aromatic heterocycles. The number of nitrogens with one attached hydrogen (secondary N) is 1. The van der Waals surface area contributed by atoms with Crippen molar-refractivity contribution in [2.45, 2.75) is 25.9 Å². The maximum atomic E-state index is 5.78. The summed E-state index contributed by atoms with van der Waals surface area (Å²) < 4.78 is 8.04. The first-order valence-electron chi connectivity index (χ1n) is 7.07. The smallest absolute Gasteiger partial charge is 0.127 e. The van der Waals surface area contributed by atoms with E-state index in [2.05, 4.69) is 74.4 Å². The monoisotopic (exact) mass is 409 g/mol. The molecule has 1 aliphatic heterocycles. The van der Waals surface area contributed by atoms with Gasteiger partial charge in [0, 0.05) is 33.5 Å². The van der Waals surface area contributed by atoms with Gasteiger partial charge in [0.15, 0.2) is 0 Å². The Labute approximate surface area is 142 Å². The summed E-state index contributed by atoms with van der Waals surface area (Å²) in [6.45, 7) is 3.77. The molecule has 4 heteroatoms. The molecule has 1 aliphatic rings. The minimum absolute atomic E-state index is 0.275. The van der Waals surface area contributed by atoms with E-state index in [1.807, 2.05) is 6.07 Å². The topological polar surface area (TPSA) is 21.3 Å². The van der Waals surface area contributed by atoms with Crippen LogP contribution in [0.5, 0.6) is 5.75 Å². The molecule has 1 heterocycles. The molecule has 0 bridgehead atoms. The Morgan fingerprint density at radius 3 is 2.86 bits per heavy atom. The second kappa shape index (κ2) is 6.51. The average molecular weight is 411 g/mol. The molecular formula is C17H17Br2NO. The van der Waals surface area contributed by atoms with E-state index in [4.69, 9.17) is 4.74 Å². The van der Waals surface area contributed by atoms with E-state index in [1.54, 1.807) is 0 Å². The third-order valence-electron chi connectivity index (χ3n) is 3.80. The largest absolute Gasteiger partial charge is 0.493 e. The summed E-state index contributed by atoms with van der Waals surface area (Å²) in [6.07, 6.45) is 1.00. The lowest BCUT2D eigenvalue weighted by molar-refractivity contribution is 0.351. The van der Waals surface area contributed by atoms with Gasteiger partial charge in [0.25, 0.3) is 0 Å². The number of benzene rings is 2. The van der Waals surface area contributed by atoms with E-state index in [0.29, 0.717) is 0 Å². The second-order valence-electron chi connectivity index (χ2n) is 5.28. The van der Waals surface area contributed by atoms with Crippen LogP contribution in [0.4, 0.5) is 0 Å². The zero-order valence-electron chi connectivity index (χ0n) is 11.8. The van der Waals surface area contributed by atoms with Gasteiger partial charge in [-0.25, -0.2) is 0 Å². The van der Waals surface area contributed by atoms with Crippen LogP contribution in [0.25, 0.3) is 0 Å². The van der Waals surface area contributed by atoms with E-state index in [1.165, 1.54) is 16.7 Å². The molecule has 21 heavy (non-hydrogen) atoms. The molecule has 1 N–H and O–H groups in total.